The van der Waals surface area contributed by atoms with Crippen LogP contribution in [0.3, 0.4) is 0 Å². The predicted octanol–water partition coefficient (Wildman–Crippen LogP) is 1.55. The molecular formula is C10H15F2N3. The van der Waals surface area contributed by atoms with Crippen LogP contribution in [-0.2, 0) is 6.54 Å². The molecule has 0 saturated heterocycles. The van der Waals surface area contributed by atoms with Crippen LogP contribution in [0.15, 0.2) is 12.3 Å². The maximum Gasteiger partial charge on any atom is 0.255 e. The minimum atomic E-state index is -2.37. The Morgan fingerprint density at radius 3 is 2.73 bits per heavy atom. The molecule has 1 rings (SSSR count). The van der Waals surface area contributed by atoms with E-state index in [-0.39, 0.29) is 6.54 Å². The Morgan fingerprint density at radius 1 is 1.53 bits per heavy atom. The van der Waals surface area contributed by atoms with Gasteiger partial charge < -0.3 is 10.6 Å². The number of pyridine rings is 1. The zero-order valence-electron chi connectivity index (χ0n) is 8.87. The lowest BCUT2D eigenvalue weighted by atomic mass is 10.1. The van der Waals surface area contributed by atoms with E-state index >= 15 is 0 Å². The Balaban J connectivity index is 2.97. The van der Waals surface area contributed by atoms with Crippen molar-refractivity contribution in [3.8, 4) is 0 Å². The van der Waals surface area contributed by atoms with Crippen molar-refractivity contribution >= 4 is 5.82 Å². The van der Waals surface area contributed by atoms with Gasteiger partial charge in [-0.15, -0.1) is 0 Å². The molecule has 15 heavy (non-hydrogen) atoms. The monoisotopic (exact) mass is 215 g/mol. The van der Waals surface area contributed by atoms with Gasteiger partial charge in [0, 0.05) is 25.4 Å². The van der Waals surface area contributed by atoms with E-state index in [0.29, 0.717) is 12.4 Å². The van der Waals surface area contributed by atoms with E-state index in [1.54, 1.807) is 13.2 Å². The summed E-state index contributed by atoms with van der Waals surface area (Å²) in [4.78, 5) is 5.51. The van der Waals surface area contributed by atoms with Crippen molar-refractivity contribution in [3.05, 3.63) is 23.4 Å². The average molecular weight is 215 g/mol. The fourth-order valence-corrected chi connectivity index (χ4v) is 1.45. The summed E-state index contributed by atoms with van der Waals surface area (Å²) in [5.41, 5.74) is 7.36. The number of hydrogen-bond acceptors (Lipinski definition) is 3. The van der Waals surface area contributed by atoms with Crippen LogP contribution in [0, 0.1) is 6.92 Å². The van der Waals surface area contributed by atoms with Crippen molar-refractivity contribution in [1.82, 2.24) is 4.98 Å². The van der Waals surface area contributed by atoms with Gasteiger partial charge in [0.1, 0.15) is 5.82 Å². The highest BCUT2D eigenvalue weighted by molar-refractivity contribution is 5.49. The number of nitrogens with two attached hydrogens (primary N) is 1. The van der Waals surface area contributed by atoms with Gasteiger partial charge in [-0.25, -0.2) is 13.8 Å². The standard InChI is InChI=1S/C10H15F2N3/c1-7-3-4-14-10(8(7)5-13)15(2)6-9(11)12/h3-4,9H,5-6,13H2,1-2H3. The first-order chi connectivity index (χ1) is 7.06. The van der Waals surface area contributed by atoms with E-state index in [1.807, 2.05) is 13.0 Å². The molecule has 1 aromatic heterocycles. The zero-order chi connectivity index (χ0) is 11.4. The normalized spacial score (nSPS) is 10.8. The molecule has 0 bridgehead atoms. The third kappa shape index (κ3) is 2.86. The molecule has 5 heteroatoms. The van der Waals surface area contributed by atoms with Crippen LogP contribution < -0.4 is 10.6 Å². The van der Waals surface area contributed by atoms with Crippen LogP contribution in [0.1, 0.15) is 11.1 Å². The van der Waals surface area contributed by atoms with Gasteiger partial charge in [-0.05, 0) is 18.6 Å². The molecule has 0 aliphatic carbocycles. The van der Waals surface area contributed by atoms with Crippen molar-refractivity contribution in [3.63, 3.8) is 0 Å². The van der Waals surface area contributed by atoms with Gasteiger partial charge in [0.25, 0.3) is 6.43 Å². The minimum Gasteiger partial charge on any atom is -0.354 e. The summed E-state index contributed by atoms with van der Waals surface area (Å²) in [6.45, 7) is 1.87. The van der Waals surface area contributed by atoms with Gasteiger partial charge >= 0.3 is 0 Å². The Labute approximate surface area is 87.9 Å². The van der Waals surface area contributed by atoms with Crippen LogP contribution in [0.2, 0.25) is 0 Å². The maximum atomic E-state index is 12.2. The number of hydrogen-bond donors (Lipinski definition) is 1. The predicted molar refractivity (Wildman–Crippen MR) is 56.1 cm³/mol. The second-order valence-electron chi connectivity index (χ2n) is 3.41. The second-order valence-corrected chi connectivity index (χ2v) is 3.41. The highest BCUT2D eigenvalue weighted by Crippen LogP contribution is 2.19. The summed E-state index contributed by atoms with van der Waals surface area (Å²) in [6, 6.07) is 1.82. The molecule has 0 spiro atoms. The molecule has 0 aliphatic rings. The van der Waals surface area contributed by atoms with Crippen LogP contribution in [0.4, 0.5) is 14.6 Å². The van der Waals surface area contributed by atoms with Crippen molar-refractivity contribution in [2.45, 2.75) is 19.9 Å². The van der Waals surface area contributed by atoms with Crippen molar-refractivity contribution in [2.75, 3.05) is 18.5 Å². The summed E-state index contributed by atoms with van der Waals surface area (Å²) >= 11 is 0. The molecule has 1 heterocycles. The summed E-state index contributed by atoms with van der Waals surface area (Å²) < 4.78 is 24.4. The van der Waals surface area contributed by atoms with E-state index in [9.17, 15) is 8.78 Å². The molecule has 2 N–H and O–H groups in total. The molecule has 0 aliphatic heterocycles. The number of alkyl halides is 2. The number of rotatable bonds is 4. The molecule has 0 saturated carbocycles. The van der Waals surface area contributed by atoms with E-state index in [1.165, 1.54) is 4.90 Å². The number of anilines is 1. The smallest absolute Gasteiger partial charge is 0.255 e. The lowest BCUT2D eigenvalue weighted by molar-refractivity contribution is 0.156. The van der Waals surface area contributed by atoms with Crippen molar-refractivity contribution < 1.29 is 8.78 Å². The second kappa shape index (κ2) is 5.02. The van der Waals surface area contributed by atoms with E-state index in [2.05, 4.69) is 4.98 Å². The highest BCUT2D eigenvalue weighted by Gasteiger charge is 2.13. The fourth-order valence-electron chi connectivity index (χ4n) is 1.45. The van der Waals surface area contributed by atoms with Gasteiger partial charge in [0.2, 0.25) is 0 Å². The lowest BCUT2D eigenvalue weighted by Gasteiger charge is -2.21. The quantitative estimate of drug-likeness (QED) is 0.828. The summed E-state index contributed by atoms with van der Waals surface area (Å²) in [5, 5.41) is 0. The molecule has 0 unspecified atom stereocenters. The number of nitrogens with zero attached hydrogens (tertiary/aromatic N) is 2. The summed E-state index contributed by atoms with van der Waals surface area (Å²) in [6.07, 6.45) is -0.769. The van der Waals surface area contributed by atoms with E-state index in [0.717, 1.165) is 11.1 Å². The number of aromatic nitrogens is 1. The van der Waals surface area contributed by atoms with Crippen LogP contribution >= 0.6 is 0 Å². The SMILES string of the molecule is Cc1ccnc(N(C)CC(F)F)c1CN. The Morgan fingerprint density at radius 2 is 2.20 bits per heavy atom. The Bertz CT molecular complexity index is 328. The van der Waals surface area contributed by atoms with Gasteiger partial charge in [-0.1, -0.05) is 0 Å². The molecule has 0 aromatic carbocycles. The summed E-state index contributed by atoms with van der Waals surface area (Å²) in [5.74, 6) is 0.540. The van der Waals surface area contributed by atoms with Gasteiger partial charge in [0.15, 0.2) is 0 Å². The van der Waals surface area contributed by atoms with Gasteiger partial charge in [0.05, 0.1) is 6.54 Å². The molecule has 0 fully saturated rings. The molecule has 84 valence electrons. The van der Waals surface area contributed by atoms with Crippen molar-refractivity contribution in [2.24, 2.45) is 5.73 Å². The number of halogens is 2. The maximum absolute atomic E-state index is 12.2. The zero-order valence-corrected chi connectivity index (χ0v) is 8.87. The Hall–Kier alpha value is -1.23. The molecule has 1 aromatic rings. The van der Waals surface area contributed by atoms with Crippen LogP contribution in [0.5, 0.6) is 0 Å². The van der Waals surface area contributed by atoms with Gasteiger partial charge in [-0.2, -0.15) is 0 Å². The topological polar surface area (TPSA) is 42.2 Å². The Kier molecular flexibility index (Phi) is 3.96. The molecule has 0 amide bonds. The highest BCUT2D eigenvalue weighted by atomic mass is 19.3. The first kappa shape index (κ1) is 11.8. The molecule has 0 radical (unpaired) electrons. The fraction of sp³-hybridized carbons (Fsp3) is 0.500. The first-order valence-electron chi connectivity index (χ1n) is 4.70. The van der Waals surface area contributed by atoms with E-state index < -0.39 is 6.43 Å². The average Bonchev–Trinajstić information content (AvgIpc) is 2.16. The summed E-state index contributed by atoms with van der Waals surface area (Å²) in [7, 11) is 1.59. The molecular weight excluding hydrogens is 200 g/mol. The first-order valence-corrected chi connectivity index (χ1v) is 4.70. The molecule has 0 atom stereocenters. The van der Waals surface area contributed by atoms with Crippen molar-refractivity contribution in [1.29, 1.82) is 0 Å². The third-order valence-electron chi connectivity index (χ3n) is 2.24. The van der Waals surface area contributed by atoms with Crippen LogP contribution in [-0.4, -0.2) is 25.0 Å². The molecule has 3 nitrogen and oxygen atoms in total. The third-order valence-corrected chi connectivity index (χ3v) is 2.24. The largest absolute Gasteiger partial charge is 0.354 e. The number of aryl methyl sites for hydroxylation is 1. The van der Waals surface area contributed by atoms with Crippen LogP contribution in [0.25, 0.3) is 0 Å². The van der Waals surface area contributed by atoms with E-state index in [4.69, 9.17) is 5.73 Å². The lowest BCUT2D eigenvalue weighted by Crippen LogP contribution is -2.26. The minimum absolute atomic E-state index is 0.308. The van der Waals surface area contributed by atoms with Gasteiger partial charge in [-0.3, -0.25) is 0 Å².